The minimum Gasteiger partial charge on any atom is -0.289 e. The number of aryl methyl sites for hydroxylation is 12. The Kier molecular flexibility index (Phi) is 23.9. The van der Waals surface area contributed by atoms with Crippen LogP contribution < -0.4 is 0 Å². The number of hydrogen-bond donors (Lipinski definition) is 0. The predicted octanol–water partition coefficient (Wildman–Crippen LogP) is 26.3. The summed E-state index contributed by atoms with van der Waals surface area (Å²) in [7, 11) is 0. The maximum atomic E-state index is 15.9. The van der Waals surface area contributed by atoms with E-state index in [0.717, 1.165) is 134 Å². The molecule has 6 nitrogen and oxygen atoms in total. The molecule has 1 aliphatic carbocycles. The Bertz CT molecular complexity index is 4810. The smallest absolute Gasteiger partial charge is 0.193 e. The molecule has 0 aliphatic heterocycles. The second kappa shape index (κ2) is 33.8. The van der Waals surface area contributed by atoms with Gasteiger partial charge in [-0.25, -0.2) is 0 Å². The van der Waals surface area contributed by atoms with Crippen molar-refractivity contribution in [1.29, 1.82) is 0 Å². The van der Waals surface area contributed by atoms with Gasteiger partial charge in [-0.2, -0.15) is 0 Å². The van der Waals surface area contributed by atoms with Gasteiger partial charge in [0.2, 0.25) is 0 Å². The first-order chi connectivity index (χ1) is 54.6. The highest BCUT2D eigenvalue weighted by molar-refractivity contribution is 6.14. The molecule has 13 rings (SSSR count). The Morgan fingerprint density at radius 2 is 0.289 bits per heavy atom. The van der Waals surface area contributed by atoms with Crippen LogP contribution in [0, 0.1) is 83.1 Å². The van der Waals surface area contributed by atoms with Crippen LogP contribution >= 0.6 is 0 Å². The van der Waals surface area contributed by atoms with Crippen LogP contribution in [0.15, 0.2) is 218 Å². The number of carbonyl (C=O) groups excluding carboxylic acids is 6. The normalized spacial score (nSPS) is 16.1. The number of benzene rings is 12. The molecule has 12 aromatic carbocycles. The van der Waals surface area contributed by atoms with Crippen LogP contribution in [0.5, 0.6) is 0 Å². The van der Waals surface area contributed by atoms with Crippen molar-refractivity contribution in [2.75, 3.05) is 0 Å². The van der Waals surface area contributed by atoms with Crippen molar-refractivity contribution in [2.45, 2.75) is 199 Å². The van der Waals surface area contributed by atoms with Crippen molar-refractivity contribution in [3.8, 4) is 0 Å². The summed E-state index contributed by atoms with van der Waals surface area (Å²) < 4.78 is 0. The zero-order valence-corrected chi connectivity index (χ0v) is 69.9. The van der Waals surface area contributed by atoms with E-state index in [1.807, 2.05) is 192 Å². The standard InChI is InChI=1S/C108H108O6/c1-19-85-73-25-31-92(104(110)80-45-63(9)38-64(10)46-80)98(55-73)87(21-3)75-27-33-94(106(112)82-49-67(13)40-68(14)50-82)100(57-75)89(23-5)77-29-35-96(108(114)84-53-71(17)42-72(18)54-84)102(59-77)90(24-6)78-30-36-95(107(113)83-51-69(15)41-70(16)52-83)101(60-78)88(22-4)76-28-34-93(105(111)81-47-65(11)39-66(12)48-81)99(58-76)86(20-2)74-26-32-91(97(85)56-74)103(109)79-43-61(7)37-62(8)44-79/h25-60,85-90H,19-24H2,1-18H3. The topological polar surface area (TPSA) is 102 Å². The van der Waals surface area contributed by atoms with Crippen LogP contribution in [0.4, 0.5) is 0 Å². The molecule has 1 aliphatic rings. The summed E-state index contributed by atoms with van der Waals surface area (Å²) in [6, 6.07) is 74.4. The molecule has 12 bridgehead atoms. The quantitative estimate of drug-likeness (QED) is 0.0793. The summed E-state index contributed by atoms with van der Waals surface area (Å²) in [5.74, 6) is -2.96. The summed E-state index contributed by atoms with van der Waals surface area (Å²) in [4.78, 5) is 95.4. The van der Waals surface area contributed by atoms with Gasteiger partial charge < -0.3 is 0 Å². The average Bonchev–Trinajstić information content (AvgIpc) is 0.761. The van der Waals surface area contributed by atoms with E-state index in [9.17, 15) is 0 Å². The number of ketones is 6. The van der Waals surface area contributed by atoms with Crippen LogP contribution in [0.1, 0.15) is 345 Å². The van der Waals surface area contributed by atoms with E-state index in [4.69, 9.17) is 0 Å². The van der Waals surface area contributed by atoms with Crippen molar-refractivity contribution in [1.82, 2.24) is 0 Å². The summed E-state index contributed by atoms with van der Waals surface area (Å²) in [5, 5.41) is 0. The zero-order valence-electron chi connectivity index (χ0n) is 69.9. The molecule has 0 fully saturated rings. The lowest BCUT2D eigenvalue weighted by molar-refractivity contribution is 0.102. The molecule has 0 heterocycles. The minimum atomic E-state index is -0.393. The first-order valence-electron chi connectivity index (χ1n) is 41.2. The number of rotatable bonds is 18. The van der Waals surface area contributed by atoms with Crippen LogP contribution in [0.3, 0.4) is 0 Å². The maximum Gasteiger partial charge on any atom is 0.193 e. The van der Waals surface area contributed by atoms with Gasteiger partial charge in [-0.05, 0) is 261 Å². The highest BCUT2D eigenvalue weighted by Crippen LogP contribution is 2.46. The lowest BCUT2D eigenvalue weighted by Gasteiger charge is -2.29. The highest BCUT2D eigenvalue weighted by atomic mass is 16.1. The van der Waals surface area contributed by atoms with E-state index in [1.54, 1.807) is 0 Å². The molecule has 6 heteroatoms. The molecule has 0 radical (unpaired) electrons. The molecule has 6 unspecified atom stereocenters. The third-order valence-corrected chi connectivity index (χ3v) is 23.9. The molecule has 0 N–H and O–H groups in total. The molecule has 0 amide bonds. The molecule has 114 heavy (non-hydrogen) atoms. The predicted molar refractivity (Wildman–Crippen MR) is 468 cm³/mol. The summed E-state index contributed by atoms with van der Waals surface area (Å²) >= 11 is 0. The van der Waals surface area contributed by atoms with Crippen molar-refractivity contribution in [2.24, 2.45) is 0 Å². The van der Waals surface area contributed by atoms with Gasteiger partial charge in [0.05, 0.1) is 0 Å². The molecule has 576 valence electrons. The Hall–Kier alpha value is -11.3. The van der Waals surface area contributed by atoms with Crippen LogP contribution in [-0.2, 0) is 0 Å². The van der Waals surface area contributed by atoms with Gasteiger partial charge in [0, 0.05) is 102 Å². The van der Waals surface area contributed by atoms with E-state index in [2.05, 4.69) is 151 Å². The maximum absolute atomic E-state index is 15.9. The fourth-order valence-electron chi connectivity index (χ4n) is 19.1. The Labute approximate surface area is 676 Å². The van der Waals surface area contributed by atoms with Crippen molar-refractivity contribution >= 4 is 34.7 Å². The third kappa shape index (κ3) is 16.4. The van der Waals surface area contributed by atoms with Gasteiger partial charge in [0.15, 0.2) is 34.7 Å². The second-order valence-corrected chi connectivity index (χ2v) is 33.1. The van der Waals surface area contributed by atoms with E-state index in [0.29, 0.717) is 105 Å². The molecule has 0 spiro atoms. The number of hydrogen-bond acceptors (Lipinski definition) is 6. The molecular weight excluding hydrogens is 1390 g/mol. The van der Waals surface area contributed by atoms with E-state index >= 15 is 28.8 Å². The minimum absolute atomic E-state index is 0.100. The molecule has 12 aromatic rings. The molecule has 0 saturated carbocycles. The second-order valence-electron chi connectivity index (χ2n) is 33.1. The van der Waals surface area contributed by atoms with Gasteiger partial charge in [-0.1, -0.05) is 254 Å². The fraction of sp³-hybridized carbons (Fsp3) is 0.278. The Morgan fingerprint density at radius 1 is 0.175 bits per heavy atom. The molecular formula is C108H108O6. The zero-order chi connectivity index (χ0) is 81.4. The summed E-state index contributed by atoms with van der Waals surface area (Å²) in [5.41, 5.74) is 29.4. The Morgan fingerprint density at radius 3 is 0.395 bits per heavy atom. The molecule has 0 aromatic heterocycles. The number of fused-ring (bicyclic) bond motifs is 12. The van der Waals surface area contributed by atoms with Crippen LogP contribution in [0.2, 0.25) is 0 Å². The van der Waals surface area contributed by atoms with Gasteiger partial charge in [-0.3, -0.25) is 28.8 Å². The van der Waals surface area contributed by atoms with Crippen molar-refractivity contribution in [3.63, 3.8) is 0 Å². The van der Waals surface area contributed by atoms with Crippen LogP contribution in [-0.4, -0.2) is 34.7 Å². The first-order valence-corrected chi connectivity index (χ1v) is 41.2. The molecule has 6 atom stereocenters. The van der Waals surface area contributed by atoms with Gasteiger partial charge in [-0.15, -0.1) is 0 Å². The monoisotopic (exact) mass is 1500 g/mol. The van der Waals surface area contributed by atoms with E-state index < -0.39 is 35.5 Å². The SMILES string of the molecule is CCC1c2ccc(C(=O)c3cc(C)cc(C)c3)c(c2)C(CC)c2ccc(C(=O)c3cc(C)cc(C)c3)c(c2)C(CC)c2ccc(C(=O)c3cc(C)cc(C)c3)c(c2)C(CC)c2ccc(C(=O)c3cc(C)cc(C)c3)c(c2)C(CC)c2ccc(C(=O)c3cc(C)cc(C)c3)c(c2)C(CC)c2ccc(C(=O)c3cc(C)cc(C)c3)c1c2. The van der Waals surface area contributed by atoms with Crippen molar-refractivity contribution < 1.29 is 28.8 Å². The lowest BCUT2D eigenvalue weighted by Crippen LogP contribution is -2.17. The van der Waals surface area contributed by atoms with E-state index in [1.165, 1.54) is 0 Å². The Balaban J connectivity index is 1.16. The summed E-state index contributed by atoms with van der Waals surface area (Å²) in [6.45, 7) is 37.4. The van der Waals surface area contributed by atoms with Crippen molar-refractivity contribution in [3.05, 3.63) is 419 Å². The van der Waals surface area contributed by atoms with Gasteiger partial charge in [0.25, 0.3) is 0 Å². The first kappa shape index (κ1) is 80.7. The van der Waals surface area contributed by atoms with Crippen LogP contribution in [0.25, 0.3) is 0 Å². The summed E-state index contributed by atoms with van der Waals surface area (Å²) in [6.07, 6.45) is 3.46. The third-order valence-electron chi connectivity index (χ3n) is 23.9. The average molecular weight is 1500 g/mol. The fourth-order valence-corrected chi connectivity index (χ4v) is 19.1. The largest absolute Gasteiger partial charge is 0.289 e. The van der Waals surface area contributed by atoms with Gasteiger partial charge >= 0.3 is 0 Å². The van der Waals surface area contributed by atoms with Gasteiger partial charge in [0.1, 0.15) is 0 Å². The number of carbonyl (C=O) groups is 6. The van der Waals surface area contributed by atoms with E-state index in [-0.39, 0.29) is 34.7 Å². The molecule has 0 saturated heterocycles. The lowest BCUT2D eigenvalue weighted by atomic mass is 9.74. The highest BCUT2D eigenvalue weighted by Gasteiger charge is 2.34.